The summed E-state index contributed by atoms with van der Waals surface area (Å²) in [5.41, 5.74) is 0.465. The zero-order chi connectivity index (χ0) is 12.4. The van der Waals surface area contributed by atoms with Crippen LogP contribution in [0.4, 0.5) is 5.69 Å². The molecule has 0 aromatic heterocycles. The van der Waals surface area contributed by atoms with Crippen LogP contribution in [0.2, 0.25) is 0 Å². The number of para-hydroxylation sites is 1. The molecule has 0 amide bonds. The Labute approximate surface area is 95.5 Å². The molecule has 7 nitrogen and oxygen atoms in total. The van der Waals surface area contributed by atoms with Crippen molar-refractivity contribution >= 4 is 17.4 Å². The predicted molar refractivity (Wildman–Crippen MR) is 56.8 cm³/mol. The molecule has 17 heavy (non-hydrogen) atoms. The van der Waals surface area contributed by atoms with Crippen LogP contribution in [0.25, 0.3) is 0 Å². The lowest BCUT2D eigenvalue weighted by Crippen LogP contribution is -2.20. The molecule has 1 aromatic rings. The molecule has 88 valence electrons. The number of carboxylic acid groups (broad SMARTS) is 1. The van der Waals surface area contributed by atoms with Gasteiger partial charge in [0.1, 0.15) is 0 Å². The third-order valence-corrected chi connectivity index (χ3v) is 2.36. The van der Waals surface area contributed by atoms with Gasteiger partial charge in [-0.25, -0.2) is 4.79 Å². The van der Waals surface area contributed by atoms with Crippen molar-refractivity contribution < 1.29 is 19.7 Å². The van der Waals surface area contributed by atoms with E-state index in [4.69, 9.17) is 5.11 Å². The first-order valence-electron chi connectivity index (χ1n) is 4.79. The van der Waals surface area contributed by atoms with Crippen LogP contribution in [-0.2, 0) is 9.63 Å². The molecule has 1 atom stereocenters. The van der Waals surface area contributed by atoms with Gasteiger partial charge in [-0.05, 0) is 6.07 Å². The van der Waals surface area contributed by atoms with Gasteiger partial charge >= 0.3 is 5.97 Å². The standard InChI is InChI=1S/C10H8N2O5/c13-10(14)9-5-7(11-17-9)6-3-1-2-4-8(6)12(15)16/h1-4,9H,5H2,(H,13,14)/t9-/m1/s1. The minimum Gasteiger partial charge on any atom is -0.478 e. The summed E-state index contributed by atoms with van der Waals surface area (Å²) in [7, 11) is 0. The monoisotopic (exact) mass is 236 g/mol. The maximum absolute atomic E-state index is 10.8. The molecule has 0 spiro atoms. The van der Waals surface area contributed by atoms with Crippen LogP contribution in [0.15, 0.2) is 29.4 Å². The molecule has 0 aliphatic carbocycles. The molecule has 1 heterocycles. The van der Waals surface area contributed by atoms with Crippen LogP contribution in [0.1, 0.15) is 12.0 Å². The van der Waals surface area contributed by atoms with E-state index in [0.717, 1.165) is 0 Å². The molecule has 0 saturated carbocycles. The summed E-state index contributed by atoms with van der Waals surface area (Å²) in [6.45, 7) is 0. The number of oxime groups is 1. The van der Waals surface area contributed by atoms with Gasteiger partial charge in [0.25, 0.3) is 5.69 Å². The van der Waals surface area contributed by atoms with Crippen molar-refractivity contribution in [2.45, 2.75) is 12.5 Å². The fourth-order valence-corrected chi connectivity index (χ4v) is 1.55. The zero-order valence-electron chi connectivity index (χ0n) is 8.57. The molecule has 7 heteroatoms. The van der Waals surface area contributed by atoms with Gasteiger partial charge in [0, 0.05) is 12.5 Å². The van der Waals surface area contributed by atoms with Crippen molar-refractivity contribution in [2.24, 2.45) is 5.16 Å². The van der Waals surface area contributed by atoms with E-state index in [1.165, 1.54) is 18.2 Å². The number of nitrogens with zero attached hydrogens (tertiary/aromatic N) is 2. The van der Waals surface area contributed by atoms with Crippen molar-refractivity contribution in [1.29, 1.82) is 0 Å². The van der Waals surface area contributed by atoms with E-state index in [2.05, 4.69) is 9.99 Å². The molecule has 1 aromatic carbocycles. The van der Waals surface area contributed by atoms with E-state index in [0.29, 0.717) is 5.56 Å². The number of hydrogen-bond donors (Lipinski definition) is 1. The Hall–Kier alpha value is -2.44. The molecule has 2 rings (SSSR count). The number of carboxylic acids is 1. The Morgan fingerprint density at radius 1 is 1.53 bits per heavy atom. The highest BCUT2D eigenvalue weighted by Gasteiger charge is 2.31. The Balaban J connectivity index is 2.31. The molecule has 0 radical (unpaired) electrons. The second-order valence-corrected chi connectivity index (χ2v) is 3.45. The Morgan fingerprint density at radius 3 is 2.82 bits per heavy atom. The van der Waals surface area contributed by atoms with Crippen LogP contribution in [0, 0.1) is 10.1 Å². The number of benzene rings is 1. The summed E-state index contributed by atoms with van der Waals surface area (Å²) in [6.07, 6.45) is -1.04. The minimum absolute atomic E-state index is 0.0280. The normalized spacial score (nSPS) is 18.4. The fraction of sp³-hybridized carbons (Fsp3) is 0.200. The Kier molecular flexibility index (Phi) is 2.73. The van der Waals surface area contributed by atoms with Crippen molar-refractivity contribution in [3.8, 4) is 0 Å². The first-order valence-corrected chi connectivity index (χ1v) is 4.79. The summed E-state index contributed by atoms with van der Waals surface area (Å²) in [5.74, 6) is -1.14. The third-order valence-electron chi connectivity index (χ3n) is 2.36. The summed E-state index contributed by atoms with van der Waals surface area (Å²) in [5, 5.41) is 23.1. The number of nitro groups is 1. The quantitative estimate of drug-likeness (QED) is 0.626. The topological polar surface area (TPSA) is 102 Å². The van der Waals surface area contributed by atoms with Gasteiger partial charge in [-0.2, -0.15) is 0 Å². The number of carbonyl (C=O) groups is 1. The van der Waals surface area contributed by atoms with Gasteiger partial charge < -0.3 is 9.94 Å². The van der Waals surface area contributed by atoms with E-state index in [1.54, 1.807) is 6.07 Å². The first-order chi connectivity index (χ1) is 8.09. The molecule has 1 N–H and O–H groups in total. The van der Waals surface area contributed by atoms with Crippen molar-refractivity contribution in [1.82, 2.24) is 0 Å². The van der Waals surface area contributed by atoms with E-state index in [1.807, 2.05) is 0 Å². The van der Waals surface area contributed by atoms with Crippen LogP contribution in [0.3, 0.4) is 0 Å². The maximum atomic E-state index is 10.8. The number of aliphatic carboxylic acids is 1. The second-order valence-electron chi connectivity index (χ2n) is 3.45. The lowest BCUT2D eigenvalue weighted by Gasteiger charge is -2.01. The SMILES string of the molecule is O=C(O)[C@H]1CC(c2ccccc2[N+](=O)[O-])=NO1. The van der Waals surface area contributed by atoms with Crippen molar-refractivity contribution in [2.75, 3.05) is 0 Å². The number of hydrogen-bond acceptors (Lipinski definition) is 5. The van der Waals surface area contributed by atoms with Gasteiger partial charge in [-0.3, -0.25) is 10.1 Å². The Bertz CT molecular complexity index is 511. The summed E-state index contributed by atoms with van der Waals surface area (Å²) < 4.78 is 0. The van der Waals surface area contributed by atoms with Gasteiger partial charge in [0.15, 0.2) is 0 Å². The van der Waals surface area contributed by atoms with E-state index in [-0.39, 0.29) is 17.8 Å². The summed E-state index contributed by atoms with van der Waals surface area (Å²) in [4.78, 5) is 25.6. The van der Waals surface area contributed by atoms with Crippen molar-refractivity contribution in [3.63, 3.8) is 0 Å². The van der Waals surface area contributed by atoms with E-state index >= 15 is 0 Å². The lowest BCUT2D eigenvalue weighted by molar-refractivity contribution is -0.385. The largest absolute Gasteiger partial charge is 0.478 e. The first kappa shape index (κ1) is 11.1. The van der Waals surface area contributed by atoms with Gasteiger partial charge in [-0.15, -0.1) is 0 Å². The van der Waals surface area contributed by atoms with Crippen LogP contribution >= 0.6 is 0 Å². The van der Waals surface area contributed by atoms with Gasteiger partial charge in [0.2, 0.25) is 6.10 Å². The second kappa shape index (κ2) is 4.20. The van der Waals surface area contributed by atoms with E-state index < -0.39 is 17.0 Å². The molecule has 0 saturated heterocycles. The number of rotatable bonds is 3. The predicted octanol–water partition coefficient (Wildman–Crippen LogP) is 1.17. The summed E-state index contributed by atoms with van der Waals surface area (Å²) in [6, 6.07) is 6.02. The molecule has 0 unspecified atom stereocenters. The average molecular weight is 236 g/mol. The van der Waals surface area contributed by atoms with E-state index in [9.17, 15) is 14.9 Å². The highest BCUT2D eigenvalue weighted by molar-refractivity contribution is 6.06. The maximum Gasteiger partial charge on any atom is 0.348 e. The average Bonchev–Trinajstić information content (AvgIpc) is 2.78. The number of nitro benzene ring substituents is 1. The minimum atomic E-state index is -1.14. The molecule has 0 fully saturated rings. The van der Waals surface area contributed by atoms with Crippen LogP contribution < -0.4 is 0 Å². The highest BCUT2D eigenvalue weighted by atomic mass is 16.7. The smallest absolute Gasteiger partial charge is 0.348 e. The van der Waals surface area contributed by atoms with Crippen LogP contribution in [-0.4, -0.2) is 27.8 Å². The van der Waals surface area contributed by atoms with Crippen molar-refractivity contribution in [3.05, 3.63) is 39.9 Å². The molecular weight excluding hydrogens is 228 g/mol. The molecular formula is C10H8N2O5. The van der Waals surface area contributed by atoms with Gasteiger partial charge in [-0.1, -0.05) is 17.3 Å². The highest BCUT2D eigenvalue weighted by Crippen LogP contribution is 2.24. The molecule has 1 aliphatic rings. The fourth-order valence-electron chi connectivity index (χ4n) is 1.55. The zero-order valence-corrected chi connectivity index (χ0v) is 8.57. The van der Waals surface area contributed by atoms with Crippen LogP contribution in [0.5, 0.6) is 0 Å². The molecule has 0 bridgehead atoms. The Morgan fingerprint density at radius 2 is 2.24 bits per heavy atom. The van der Waals surface area contributed by atoms with Gasteiger partial charge in [0.05, 0.1) is 16.2 Å². The molecule has 1 aliphatic heterocycles. The third kappa shape index (κ3) is 2.07. The summed E-state index contributed by atoms with van der Waals surface area (Å²) >= 11 is 0. The lowest BCUT2D eigenvalue weighted by atomic mass is 10.0.